The first-order valence-corrected chi connectivity index (χ1v) is 9.20. The van der Waals surface area contributed by atoms with Gasteiger partial charge in [0.2, 0.25) is 0 Å². The van der Waals surface area contributed by atoms with Crippen molar-refractivity contribution in [1.82, 2.24) is 0 Å². The molecule has 0 fully saturated rings. The van der Waals surface area contributed by atoms with Gasteiger partial charge in [0.1, 0.15) is 18.1 Å². The highest BCUT2D eigenvalue weighted by molar-refractivity contribution is 5.39. The van der Waals surface area contributed by atoms with Crippen molar-refractivity contribution in [3.05, 3.63) is 59.2 Å². The van der Waals surface area contributed by atoms with E-state index < -0.39 is 6.10 Å². The number of aliphatic hydroxyl groups excluding tert-OH is 1. The van der Waals surface area contributed by atoms with E-state index in [2.05, 4.69) is 53.7 Å². The maximum absolute atomic E-state index is 10.3. The van der Waals surface area contributed by atoms with Crippen molar-refractivity contribution < 1.29 is 14.9 Å². The molecule has 2 rings (SSSR count). The molecule has 0 spiro atoms. The zero-order valence-electron chi connectivity index (χ0n) is 16.8. The highest BCUT2D eigenvalue weighted by atomic mass is 16.5. The second-order valence-corrected chi connectivity index (χ2v) is 9.04. The first-order chi connectivity index (χ1) is 12.0. The summed E-state index contributed by atoms with van der Waals surface area (Å²) in [6.45, 7) is 13.1. The van der Waals surface area contributed by atoms with Gasteiger partial charge in [0, 0.05) is 6.42 Å². The summed E-state index contributed by atoms with van der Waals surface area (Å²) < 4.78 is 5.71. The Bertz CT molecular complexity index is 719. The SMILES string of the molecule is CC(C)(C)c1ccc(OCC(O)Cc2cc(C(C)(C)C)ccc2O)cc1. The fourth-order valence-corrected chi connectivity index (χ4v) is 2.77. The number of hydrogen-bond donors (Lipinski definition) is 2. The molecule has 3 heteroatoms. The smallest absolute Gasteiger partial charge is 0.119 e. The molecule has 0 bridgehead atoms. The predicted molar refractivity (Wildman–Crippen MR) is 107 cm³/mol. The molecule has 2 N–H and O–H groups in total. The highest BCUT2D eigenvalue weighted by Gasteiger charge is 2.17. The standard InChI is InChI=1S/C23H32O3/c1-22(2,3)17-7-10-20(11-8-17)26-15-19(24)14-16-13-18(23(4,5)6)9-12-21(16)25/h7-13,19,24-25H,14-15H2,1-6H3. The van der Waals surface area contributed by atoms with Crippen LogP contribution in [0, 0.1) is 0 Å². The van der Waals surface area contributed by atoms with Crippen LogP contribution >= 0.6 is 0 Å². The Labute approximate surface area is 157 Å². The lowest BCUT2D eigenvalue weighted by molar-refractivity contribution is 0.107. The minimum absolute atomic E-state index is 0.00129. The number of ether oxygens (including phenoxy) is 1. The summed E-state index contributed by atoms with van der Waals surface area (Å²) >= 11 is 0. The molecule has 2 aromatic rings. The molecule has 1 unspecified atom stereocenters. The lowest BCUT2D eigenvalue weighted by atomic mass is 9.85. The van der Waals surface area contributed by atoms with E-state index in [4.69, 9.17) is 4.74 Å². The van der Waals surface area contributed by atoms with Gasteiger partial charge < -0.3 is 14.9 Å². The molecule has 1 atom stereocenters. The molecule has 0 saturated carbocycles. The highest BCUT2D eigenvalue weighted by Crippen LogP contribution is 2.28. The van der Waals surface area contributed by atoms with E-state index in [0.717, 1.165) is 16.9 Å². The summed E-state index contributed by atoms with van der Waals surface area (Å²) in [6, 6.07) is 13.6. The quantitative estimate of drug-likeness (QED) is 0.795. The molecule has 0 amide bonds. The number of rotatable bonds is 5. The van der Waals surface area contributed by atoms with Gasteiger partial charge in [-0.3, -0.25) is 0 Å². The first-order valence-electron chi connectivity index (χ1n) is 9.20. The average molecular weight is 357 g/mol. The van der Waals surface area contributed by atoms with E-state index in [-0.39, 0.29) is 23.2 Å². The summed E-state index contributed by atoms with van der Waals surface area (Å²) in [5.41, 5.74) is 3.23. The molecule has 0 heterocycles. The zero-order valence-corrected chi connectivity index (χ0v) is 16.8. The van der Waals surface area contributed by atoms with Crippen LogP contribution in [0.25, 0.3) is 0 Å². The summed E-state index contributed by atoms with van der Waals surface area (Å²) in [5.74, 6) is 0.955. The van der Waals surface area contributed by atoms with Crippen LogP contribution in [0.4, 0.5) is 0 Å². The molecule has 2 aromatic carbocycles. The van der Waals surface area contributed by atoms with Crippen LogP contribution in [0.1, 0.15) is 58.2 Å². The molecule has 0 aliphatic rings. The van der Waals surface area contributed by atoms with Crippen molar-refractivity contribution in [3.63, 3.8) is 0 Å². The van der Waals surface area contributed by atoms with Crippen molar-refractivity contribution in [3.8, 4) is 11.5 Å². The fraction of sp³-hybridized carbons (Fsp3) is 0.478. The molecule has 0 saturated heterocycles. The van der Waals surface area contributed by atoms with Crippen molar-refractivity contribution in [1.29, 1.82) is 0 Å². The summed E-state index contributed by atoms with van der Waals surface area (Å²) in [5, 5.41) is 20.4. The van der Waals surface area contributed by atoms with E-state index >= 15 is 0 Å². The van der Waals surface area contributed by atoms with Gasteiger partial charge in [-0.25, -0.2) is 0 Å². The molecule has 0 radical (unpaired) electrons. The maximum atomic E-state index is 10.3. The Hall–Kier alpha value is -2.00. The largest absolute Gasteiger partial charge is 0.508 e. The molecule has 0 aliphatic carbocycles. The third-order valence-corrected chi connectivity index (χ3v) is 4.56. The molecule has 26 heavy (non-hydrogen) atoms. The number of benzene rings is 2. The van der Waals surface area contributed by atoms with Crippen LogP contribution in [0.15, 0.2) is 42.5 Å². The Morgan fingerprint density at radius 2 is 1.38 bits per heavy atom. The number of aromatic hydroxyl groups is 1. The van der Waals surface area contributed by atoms with Gasteiger partial charge in [-0.15, -0.1) is 0 Å². The summed E-state index contributed by atoms with van der Waals surface area (Å²) in [7, 11) is 0. The van der Waals surface area contributed by atoms with Gasteiger partial charge in [-0.05, 0) is 45.7 Å². The van der Waals surface area contributed by atoms with Crippen LogP contribution in [-0.2, 0) is 17.3 Å². The van der Waals surface area contributed by atoms with E-state index in [1.807, 2.05) is 24.3 Å². The van der Waals surface area contributed by atoms with Gasteiger partial charge in [0.15, 0.2) is 0 Å². The van der Waals surface area contributed by atoms with Crippen molar-refractivity contribution in [2.24, 2.45) is 0 Å². The van der Waals surface area contributed by atoms with E-state index in [9.17, 15) is 10.2 Å². The summed E-state index contributed by atoms with van der Waals surface area (Å²) in [4.78, 5) is 0. The van der Waals surface area contributed by atoms with Crippen molar-refractivity contribution >= 4 is 0 Å². The van der Waals surface area contributed by atoms with Gasteiger partial charge in [0.25, 0.3) is 0 Å². The van der Waals surface area contributed by atoms with Crippen LogP contribution in [0.2, 0.25) is 0 Å². The first kappa shape index (κ1) is 20.3. The number of phenolic OH excluding ortho intramolecular Hbond substituents is 1. The molecular formula is C23H32O3. The molecule has 0 aliphatic heterocycles. The molecule has 0 aromatic heterocycles. The van der Waals surface area contributed by atoms with E-state index in [1.165, 1.54) is 5.56 Å². The summed E-state index contributed by atoms with van der Waals surface area (Å²) in [6.07, 6.45) is -0.325. The average Bonchev–Trinajstić information content (AvgIpc) is 2.53. The fourth-order valence-electron chi connectivity index (χ4n) is 2.77. The molecule has 3 nitrogen and oxygen atoms in total. The van der Waals surface area contributed by atoms with Crippen LogP contribution in [0.5, 0.6) is 11.5 Å². The Morgan fingerprint density at radius 1 is 0.846 bits per heavy atom. The maximum Gasteiger partial charge on any atom is 0.119 e. The lowest BCUT2D eigenvalue weighted by Crippen LogP contribution is -2.21. The Kier molecular flexibility index (Phi) is 6.02. The van der Waals surface area contributed by atoms with Gasteiger partial charge in [0.05, 0.1) is 6.10 Å². The minimum atomic E-state index is -0.682. The van der Waals surface area contributed by atoms with Crippen molar-refractivity contribution in [2.75, 3.05) is 6.61 Å². The predicted octanol–water partition coefficient (Wildman–Crippen LogP) is 4.97. The Balaban J connectivity index is 1.98. The van der Waals surface area contributed by atoms with Gasteiger partial charge >= 0.3 is 0 Å². The number of aliphatic hydroxyl groups is 1. The van der Waals surface area contributed by atoms with Crippen molar-refractivity contribution in [2.45, 2.75) is 64.9 Å². The number of phenols is 1. The minimum Gasteiger partial charge on any atom is -0.508 e. The van der Waals surface area contributed by atoms with E-state index in [0.29, 0.717) is 6.42 Å². The van der Waals surface area contributed by atoms with Crippen LogP contribution in [-0.4, -0.2) is 22.9 Å². The molecule has 142 valence electrons. The Morgan fingerprint density at radius 3 is 1.92 bits per heavy atom. The van der Waals surface area contributed by atoms with Crippen LogP contribution < -0.4 is 4.74 Å². The van der Waals surface area contributed by atoms with E-state index in [1.54, 1.807) is 6.07 Å². The third-order valence-electron chi connectivity index (χ3n) is 4.56. The monoisotopic (exact) mass is 356 g/mol. The van der Waals surface area contributed by atoms with Crippen LogP contribution in [0.3, 0.4) is 0 Å². The molecular weight excluding hydrogens is 324 g/mol. The third kappa shape index (κ3) is 5.50. The lowest BCUT2D eigenvalue weighted by Gasteiger charge is -2.21. The second kappa shape index (κ2) is 7.71. The van der Waals surface area contributed by atoms with Gasteiger partial charge in [-0.1, -0.05) is 65.8 Å². The zero-order chi connectivity index (χ0) is 19.5. The number of hydrogen-bond acceptors (Lipinski definition) is 3. The normalized spacial score (nSPS) is 13.5. The van der Waals surface area contributed by atoms with Gasteiger partial charge in [-0.2, -0.15) is 0 Å². The second-order valence-electron chi connectivity index (χ2n) is 9.04. The topological polar surface area (TPSA) is 49.7 Å².